The lowest BCUT2D eigenvalue weighted by Crippen LogP contribution is -2.32. The van der Waals surface area contributed by atoms with E-state index in [9.17, 15) is 9.59 Å². The van der Waals surface area contributed by atoms with Crippen LogP contribution in [0.4, 0.5) is 4.79 Å². The van der Waals surface area contributed by atoms with Crippen LogP contribution in [0, 0.1) is 0 Å². The number of imidazole rings is 1. The normalized spacial score (nSPS) is 20.8. The van der Waals surface area contributed by atoms with E-state index in [-0.39, 0.29) is 29.1 Å². The fourth-order valence-corrected chi connectivity index (χ4v) is 4.62. The molecule has 0 aromatic carbocycles. The van der Waals surface area contributed by atoms with Crippen molar-refractivity contribution in [3.8, 4) is 0 Å². The van der Waals surface area contributed by atoms with Crippen LogP contribution in [0.15, 0.2) is 30.6 Å². The average Bonchev–Trinajstić information content (AvgIpc) is 3.18. The standard InChI is InChI=1S/C15H17N3O3S2/c1-3-5-21-15(20)18-8-11(23-10(2)19)7-12(18)13-14-17(9-16-13)4-6-22-14/h3-4,6,9,11-12H,1,5,7-8H2,2H3/t11-,12-/m0/s1. The van der Waals surface area contributed by atoms with Crippen molar-refractivity contribution >= 4 is 39.1 Å². The van der Waals surface area contributed by atoms with Crippen LogP contribution in [-0.2, 0) is 9.53 Å². The first kappa shape index (κ1) is 16.1. The van der Waals surface area contributed by atoms with Crippen molar-refractivity contribution in [3.05, 3.63) is 36.3 Å². The van der Waals surface area contributed by atoms with E-state index in [2.05, 4.69) is 11.6 Å². The second-order valence-electron chi connectivity index (χ2n) is 5.25. The third-order valence-electron chi connectivity index (χ3n) is 3.65. The van der Waals surface area contributed by atoms with Crippen LogP contribution in [0.25, 0.3) is 4.83 Å². The molecule has 0 bridgehead atoms. The van der Waals surface area contributed by atoms with E-state index in [0.717, 1.165) is 10.5 Å². The van der Waals surface area contributed by atoms with Gasteiger partial charge < -0.3 is 4.74 Å². The second-order valence-corrected chi connectivity index (χ2v) is 7.62. The molecule has 1 saturated heterocycles. The van der Waals surface area contributed by atoms with Crippen molar-refractivity contribution in [1.29, 1.82) is 0 Å². The molecule has 3 heterocycles. The summed E-state index contributed by atoms with van der Waals surface area (Å²) >= 11 is 2.86. The minimum Gasteiger partial charge on any atom is -0.445 e. The SMILES string of the molecule is C=CCOC(=O)N1C[C@@H](SC(C)=O)C[C@H]1c1ncn2ccsc12. The van der Waals surface area contributed by atoms with Gasteiger partial charge in [-0.15, -0.1) is 11.3 Å². The molecule has 2 aromatic heterocycles. The highest BCUT2D eigenvalue weighted by Crippen LogP contribution is 2.39. The van der Waals surface area contributed by atoms with E-state index in [4.69, 9.17) is 4.74 Å². The molecule has 0 unspecified atom stereocenters. The zero-order valence-electron chi connectivity index (χ0n) is 12.7. The maximum Gasteiger partial charge on any atom is 0.410 e. The Kier molecular flexibility index (Phi) is 4.72. The van der Waals surface area contributed by atoms with Crippen LogP contribution in [0.1, 0.15) is 25.1 Å². The Morgan fingerprint density at radius 3 is 3.17 bits per heavy atom. The average molecular weight is 351 g/mol. The van der Waals surface area contributed by atoms with Crippen molar-refractivity contribution in [1.82, 2.24) is 14.3 Å². The van der Waals surface area contributed by atoms with Gasteiger partial charge in [0.15, 0.2) is 5.12 Å². The quantitative estimate of drug-likeness (QED) is 0.792. The Bertz CT molecular complexity index is 739. The number of ether oxygens (including phenoxy) is 1. The lowest BCUT2D eigenvalue weighted by atomic mass is 10.1. The Labute approximate surface area is 142 Å². The van der Waals surface area contributed by atoms with E-state index in [1.54, 1.807) is 35.6 Å². The van der Waals surface area contributed by atoms with Gasteiger partial charge >= 0.3 is 6.09 Å². The number of fused-ring (bicyclic) bond motifs is 1. The topological polar surface area (TPSA) is 63.9 Å². The second kappa shape index (κ2) is 6.76. The smallest absolute Gasteiger partial charge is 0.410 e. The van der Waals surface area contributed by atoms with Crippen LogP contribution in [-0.4, -0.2) is 43.9 Å². The first-order valence-electron chi connectivity index (χ1n) is 7.21. The van der Waals surface area contributed by atoms with Gasteiger partial charge in [0, 0.05) is 30.3 Å². The van der Waals surface area contributed by atoms with Gasteiger partial charge in [-0.1, -0.05) is 24.4 Å². The molecule has 3 rings (SSSR count). The molecule has 1 fully saturated rings. The molecule has 122 valence electrons. The van der Waals surface area contributed by atoms with Crippen molar-refractivity contribution in [2.45, 2.75) is 24.6 Å². The number of amides is 1. The highest BCUT2D eigenvalue weighted by Gasteiger charge is 2.40. The molecule has 2 aromatic rings. The fourth-order valence-electron chi connectivity index (χ4n) is 2.77. The summed E-state index contributed by atoms with van der Waals surface area (Å²) in [7, 11) is 0. The Morgan fingerprint density at radius 1 is 1.61 bits per heavy atom. The first-order valence-corrected chi connectivity index (χ1v) is 8.97. The van der Waals surface area contributed by atoms with Gasteiger partial charge in [-0.05, 0) is 6.42 Å². The Morgan fingerprint density at radius 2 is 2.43 bits per heavy atom. The highest BCUT2D eigenvalue weighted by atomic mass is 32.2. The summed E-state index contributed by atoms with van der Waals surface area (Å²) in [5.74, 6) is 0. The molecular formula is C15H17N3O3S2. The van der Waals surface area contributed by atoms with E-state index < -0.39 is 0 Å². The number of thiazole rings is 1. The number of nitrogens with zero attached hydrogens (tertiary/aromatic N) is 3. The van der Waals surface area contributed by atoms with Gasteiger partial charge in [0.2, 0.25) is 0 Å². The monoisotopic (exact) mass is 351 g/mol. The largest absolute Gasteiger partial charge is 0.445 e. The van der Waals surface area contributed by atoms with E-state index in [1.807, 2.05) is 16.0 Å². The zero-order valence-corrected chi connectivity index (χ0v) is 14.3. The van der Waals surface area contributed by atoms with Crippen LogP contribution >= 0.6 is 23.1 Å². The summed E-state index contributed by atoms with van der Waals surface area (Å²) in [4.78, 5) is 30.9. The van der Waals surface area contributed by atoms with Crippen LogP contribution in [0.2, 0.25) is 0 Å². The summed E-state index contributed by atoms with van der Waals surface area (Å²) < 4.78 is 7.14. The Hall–Kier alpha value is -1.80. The van der Waals surface area contributed by atoms with Gasteiger partial charge in [0.05, 0.1) is 11.7 Å². The lowest BCUT2D eigenvalue weighted by molar-refractivity contribution is -0.109. The highest BCUT2D eigenvalue weighted by molar-refractivity contribution is 8.14. The molecule has 8 heteroatoms. The van der Waals surface area contributed by atoms with Crippen LogP contribution in [0.3, 0.4) is 0 Å². The number of carbonyl (C=O) groups excluding carboxylic acids is 2. The summed E-state index contributed by atoms with van der Waals surface area (Å²) in [6.07, 6.45) is 5.53. The maximum absolute atomic E-state index is 12.3. The summed E-state index contributed by atoms with van der Waals surface area (Å²) in [5, 5.41) is 2.10. The molecule has 0 radical (unpaired) electrons. The number of likely N-dealkylation sites (tertiary alicyclic amines) is 1. The summed E-state index contributed by atoms with van der Waals surface area (Å²) in [6, 6.07) is -0.173. The molecule has 0 aliphatic carbocycles. The molecule has 6 nitrogen and oxygen atoms in total. The van der Waals surface area contributed by atoms with E-state index >= 15 is 0 Å². The molecule has 1 amide bonds. The summed E-state index contributed by atoms with van der Waals surface area (Å²) in [6.45, 7) is 5.76. The number of rotatable bonds is 4. The third kappa shape index (κ3) is 3.28. The molecule has 23 heavy (non-hydrogen) atoms. The molecule has 1 aliphatic rings. The molecule has 0 saturated carbocycles. The lowest BCUT2D eigenvalue weighted by Gasteiger charge is -2.22. The minimum atomic E-state index is -0.390. The van der Waals surface area contributed by atoms with Gasteiger partial charge in [0.1, 0.15) is 17.8 Å². The number of carbonyl (C=O) groups is 2. The molecule has 2 atom stereocenters. The van der Waals surface area contributed by atoms with Crippen LogP contribution < -0.4 is 0 Å². The minimum absolute atomic E-state index is 0.0566. The van der Waals surface area contributed by atoms with Crippen molar-refractivity contribution < 1.29 is 14.3 Å². The summed E-state index contributed by atoms with van der Waals surface area (Å²) in [5.41, 5.74) is 0.863. The number of aromatic nitrogens is 2. The number of hydrogen-bond acceptors (Lipinski definition) is 6. The van der Waals surface area contributed by atoms with Gasteiger partial charge in [-0.3, -0.25) is 14.1 Å². The van der Waals surface area contributed by atoms with Gasteiger partial charge in [-0.2, -0.15) is 0 Å². The fraction of sp³-hybridized carbons (Fsp3) is 0.400. The maximum atomic E-state index is 12.3. The predicted molar refractivity (Wildman–Crippen MR) is 90.7 cm³/mol. The molecule has 0 spiro atoms. The van der Waals surface area contributed by atoms with Gasteiger partial charge in [-0.25, -0.2) is 9.78 Å². The Balaban J connectivity index is 1.87. The number of hydrogen-bond donors (Lipinski definition) is 0. The van der Waals surface area contributed by atoms with Gasteiger partial charge in [0.25, 0.3) is 0 Å². The molecule has 0 N–H and O–H groups in total. The van der Waals surface area contributed by atoms with Crippen molar-refractivity contribution in [2.75, 3.05) is 13.2 Å². The predicted octanol–water partition coefficient (Wildman–Crippen LogP) is 3.11. The first-order chi connectivity index (χ1) is 11.1. The van der Waals surface area contributed by atoms with Crippen molar-refractivity contribution in [3.63, 3.8) is 0 Å². The molecular weight excluding hydrogens is 334 g/mol. The third-order valence-corrected chi connectivity index (χ3v) is 5.55. The number of thioether (sulfide) groups is 1. The van der Waals surface area contributed by atoms with Crippen LogP contribution in [0.5, 0.6) is 0 Å². The van der Waals surface area contributed by atoms with E-state index in [0.29, 0.717) is 13.0 Å². The molecule has 1 aliphatic heterocycles. The zero-order chi connectivity index (χ0) is 16.4. The van der Waals surface area contributed by atoms with Crippen molar-refractivity contribution in [2.24, 2.45) is 0 Å². The van der Waals surface area contributed by atoms with E-state index in [1.165, 1.54) is 11.8 Å².